The number of carbonyl (C=O) groups excluding carboxylic acids is 2. The molecule has 4 rings (SSSR count). The Morgan fingerprint density at radius 2 is 1.74 bits per heavy atom. The maximum absolute atomic E-state index is 12.6. The third-order valence-corrected chi connectivity index (χ3v) is 7.75. The van der Waals surface area contributed by atoms with Crippen molar-refractivity contribution in [2.45, 2.75) is 57.8 Å². The van der Waals surface area contributed by atoms with Crippen LogP contribution >= 0.6 is 11.8 Å². The Labute approximate surface area is 212 Å². The highest BCUT2D eigenvalue weighted by Crippen LogP contribution is 2.22. The van der Waals surface area contributed by atoms with Crippen LogP contribution in [0.3, 0.4) is 0 Å². The molecule has 190 valence electrons. The van der Waals surface area contributed by atoms with Gasteiger partial charge < -0.3 is 24.6 Å². The number of anilines is 2. The zero-order valence-corrected chi connectivity index (χ0v) is 21.7. The minimum atomic E-state index is -0.0748. The maximum Gasteiger partial charge on any atom is 0.234 e. The van der Waals surface area contributed by atoms with Crippen LogP contribution in [0.5, 0.6) is 0 Å². The van der Waals surface area contributed by atoms with Crippen molar-refractivity contribution < 1.29 is 9.59 Å². The molecule has 3 heterocycles. The van der Waals surface area contributed by atoms with E-state index in [1.807, 2.05) is 28.5 Å². The second-order valence-corrected chi connectivity index (χ2v) is 10.0. The van der Waals surface area contributed by atoms with E-state index in [9.17, 15) is 9.59 Å². The summed E-state index contributed by atoms with van der Waals surface area (Å²) in [7, 11) is 0. The van der Waals surface area contributed by atoms with Crippen molar-refractivity contribution in [3.63, 3.8) is 0 Å². The van der Waals surface area contributed by atoms with E-state index < -0.39 is 0 Å². The summed E-state index contributed by atoms with van der Waals surface area (Å²) in [4.78, 5) is 31.7. The van der Waals surface area contributed by atoms with E-state index in [4.69, 9.17) is 0 Å². The minimum absolute atomic E-state index is 0.0748. The molecule has 35 heavy (non-hydrogen) atoms. The summed E-state index contributed by atoms with van der Waals surface area (Å²) in [6.45, 7) is 11.5. The number of rotatable bonds is 9. The first-order valence-electron chi connectivity index (χ1n) is 12.8. The smallest absolute Gasteiger partial charge is 0.234 e. The number of piperazine rings is 1. The number of nitrogens with zero attached hydrogens (tertiary/aromatic N) is 6. The lowest BCUT2D eigenvalue weighted by atomic mass is 10.2. The number of benzene rings is 1. The summed E-state index contributed by atoms with van der Waals surface area (Å²) in [5.41, 5.74) is 1.99. The average Bonchev–Trinajstić information content (AvgIpc) is 3.16. The molecular weight excluding hydrogens is 462 g/mol. The van der Waals surface area contributed by atoms with Crippen LogP contribution in [0, 0.1) is 0 Å². The molecular formula is C25H37N7O2S. The molecule has 2 aliphatic heterocycles. The van der Waals surface area contributed by atoms with Crippen molar-refractivity contribution >= 4 is 35.0 Å². The maximum atomic E-state index is 12.6. The Morgan fingerprint density at radius 1 is 0.971 bits per heavy atom. The van der Waals surface area contributed by atoms with Gasteiger partial charge in [0.2, 0.25) is 11.8 Å². The first-order chi connectivity index (χ1) is 17.1. The van der Waals surface area contributed by atoms with Crippen LogP contribution in [-0.4, -0.2) is 81.4 Å². The lowest BCUT2D eigenvalue weighted by molar-refractivity contribution is -0.131. The molecule has 2 aromatic rings. The zero-order chi connectivity index (χ0) is 24.6. The molecule has 10 heteroatoms. The van der Waals surface area contributed by atoms with E-state index in [1.54, 1.807) is 0 Å². The van der Waals surface area contributed by atoms with Gasteiger partial charge in [-0.2, -0.15) is 0 Å². The van der Waals surface area contributed by atoms with Crippen LogP contribution in [0.15, 0.2) is 29.4 Å². The van der Waals surface area contributed by atoms with Gasteiger partial charge in [-0.1, -0.05) is 25.1 Å². The van der Waals surface area contributed by atoms with Crippen molar-refractivity contribution in [2.75, 3.05) is 55.2 Å². The zero-order valence-electron chi connectivity index (χ0n) is 20.9. The van der Waals surface area contributed by atoms with E-state index in [1.165, 1.54) is 17.4 Å². The molecule has 0 atom stereocenters. The average molecular weight is 500 g/mol. The number of likely N-dealkylation sites (tertiary alicyclic amines) is 1. The molecule has 2 saturated heterocycles. The number of thioether (sulfide) groups is 1. The Kier molecular flexibility index (Phi) is 9.03. The molecule has 9 nitrogen and oxygen atoms in total. The van der Waals surface area contributed by atoms with E-state index in [0.717, 1.165) is 70.0 Å². The van der Waals surface area contributed by atoms with Gasteiger partial charge >= 0.3 is 0 Å². The van der Waals surface area contributed by atoms with Gasteiger partial charge in [0.25, 0.3) is 0 Å². The fraction of sp³-hybridized carbons (Fsp3) is 0.600. The quantitative estimate of drug-likeness (QED) is 0.531. The van der Waals surface area contributed by atoms with Gasteiger partial charge in [0, 0.05) is 57.1 Å². The van der Waals surface area contributed by atoms with Crippen LogP contribution in [0.2, 0.25) is 0 Å². The van der Waals surface area contributed by atoms with Gasteiger partial charge in [0.15, 0.2) is 11.0 Å². The first-order valence-corrected chi connectivity index (χ1v) is 13.8. The number of nitrogens with one attached hydrogen (secondary N) is 1. The van der Waals surface area contributed by atoms with Crippen LogP contribution in [0.25, 0.3) is 0 Å². The van der Waals surface area contributed by atoms with E-state index >= 15 is 0 Å². The van der Waals surface area contributed by atoms with Gasteiger partial charge in [-0.3, -0.25) is 9.59 Å². The molecule has 2 amide bonds. The summed E-state index contributed by atoms with van der Waals surface area (Å²) in [6.07, 6.45) is 3.70. The van der Waals surface area contributed by atoms with Crippen molar-refractivity contribution in [3.8, 4) is 0 Å². The van der Waals surface area contributed by atoms with Gasteiger partial charge in [-0.15, -0.1) is 10.2 Å². The molecule has 2 fully saturated rings. The summed E-state index contributed by atoms with van der Waals surface area (Å²) < 4.78 is 2.00. The highest BCUT2D eigenvalue weighted by atomic mass is 32.2. The van der Waals surface area contributed by atoms with Gasteiger partial charge in [-0.25, -0.2) is 0 Å². The molecule has 0 aliphatic carbocycles. The number of hydrogen-bond acceptors (Lipinski definition) is 7. The summed E-state index contributed by atoms with van der Waals surface area (Å²) in [5, 5.41) is 12.3. The molecule has 2 aliphatic rings. The largest absolute Gasteiger partial charge is 0.369 e. The Balaban J connectivity index is 1.28. The minimum Gasteiger partial charge on any atom is -0.369 e. The summed E-state index contributed by atoms with van der Waals surface area (Å²) in [6, 6.07) is 8.09. The molecule has 0 bridgehead atoms. The fourth-order valence-corrected chi connectivity index (χ4v) is 5.46. The van der Waals surface area contributed by atoms with Gasteiger partial charge in [0.1, 0.15) is 0 Å². The predicted molar refractivity (Wildman–Crippen MR) is 140 cm³/mol. The van der Waals surface area contributed by atoms with Crippen molar-refractivity contribution in [2.24, 2.45) is 0 Å². The van der Waals surface area contributed by atoms with Crippen molar-refractivity contribution in [3.05, 3.63) is 30.1 Å². The van der Waals surface area contributed by atoms with Crippen LogP contribution in [0.4, 0.5) is 11.4 Å². The Morgan fingerprint density at radius 3 is 2.46 bits per heavy atom. The monoisotopic (exact) mass is 499 g/mol. The second kappa shape index (κ2) is 12.4. The molecule has 0 spiro atoms. The normalized spacial score (nSPS) is 17.5. The molecule has 0 radical (unpaired) electrons. The molecule has 1 aromatic carbocycles. The third-order valence-electron chi connectivity index (χ3n) is 6.78. The van der Waals surface area contributed by atoms with Crippen molar-refractivity contribution in [1.29, 1.82) is 0 Å². The fourth-order valence-electron chi connectivity index (χ4n) is 4.64. The third kappa shape index (κ3) is 6.76. The van der Waals surface area contributed by atoms with E-state index in [0.29, 0.717) is 24.7 Å². The highest BCUT2D eigenvalue weighted by Gasteiger charge is 2.21. The number of aromatic nitrogens is 3. The van der Waals surface area contributed by atoms with Crippen LogP contribution in [-0.2, 0) is 22.7 Å². The van der Waals surface area contributed by atoms with E-state index in [2.05, 4.69) is 44.4 Å². The molecule has 0 saturated carbocycles. The predicted octanol–water partition coefficient (Wildman–Crippen LogP) is 3.07. The van der Waals surface area contributed by atoms with Crippen LogP contribution in [0.1, 0.15) is 45.4 Å². The molecule has 1 aromatic heterocycles. The number of carbonyl (C=O) groups is 2. The SMILES string of the molecule is CCN1CCN(c2ccc(NC(=O)CSc3nnc(CN4CCCCCC4=O)n3CC)cc2)CC1. The lowest BCUT2D eigenvalue weighted by Gasteiger charge is -2.35. The number of likely N-dealkylation sites (N-methyl/N-ethyl adjacent to an activating group) is 1. The van der Waals surface area contributed by atoms with Gasteiger partial charge in [0.05, 0.1) is 12.3 Å². The topological polar surface area (TPSA) is 86.6 Å². The molecule has 1 N–H and O–H groups in total. The summed E-state index contributed by atoms with van der Waals surface area (Å²) in [5.74, 6) is 1.15. The Hall–Kier alpha value is -2.59. The standard InChI is InChI=1S/C25H37N7O2S/c1-3-29-14-16-30(17-15-29)21-11-9-20(10-12-21)26-23(33)19-35-25-28-27-22(32(25)4-2)18-31-13-7-5-6-8-24(31)34/h9-12H,3-8,13-19H2,1-2H3,(H,26,33). The lowest BCUT2D eigenvalue weighted by Crippen LogP contribution is -2.46. The highest BCUT2D eigenvalue weighted by molar-refractivity contribution is 7.99. The molecule has 0 unspecified atom stereocenters. The Bertz CT molecular complexity index is 986. The number of hydrogen-bond donors (Lipinski definition) is 1. The first kappa shape index (κ1) is 25.5. The van der Waals surface area contributed by atoms with Crippen molar-refractivity contribution in [1.82, 2.24) is 24.6 Å². The summed E-state index contributed by atoms with van der Waals surface area (Å²) >= 11 is 1.38. The van der Waals surface area contributed by atoms with Gasteiger partial charge in [-0.05, 0) is 50.6 Å². The second-order valence-electron chi connectivity index (χ2n) is 9.07. The number of amides is 2. The van der Waals surface area contributed by atoms with Crippen LogP contribution < -0.4 is 10.2 Å². The van der Waals surface area contributed by atoms with E-state index in [-0.39, 0.29) is 17.6 Å².